The molecule has 0 aliphatic carbocycles. The zero-order valence-corrected chi connectivity index (χ0v) is 14.4. The lowest BCUT2D eigenvalue weighted by atomic mass is 10.1. The van der Waals surface area contributed by atoms with Crippen LogP contribution in [0.5, 0.6) is 0 Å². The van der Waals surface area contributed by atoms with Gasteiger partial charge in [-0.3, -0.25) is 4.79 Å². The Labute approximate surface area is 148 Å². The van der Waals surface area contributed by atoms with E-state index in [-0.39, 0.29) is 12.5 Å². The van der Waals surface area contributed by atoms with Crippen molar-refractivity contribution < 1.29 is 14.3 Å². The van der Waals surface area contributed by atoms with Crippen LogP contribution in [0.2, 0.25) is 0 Å². The second kappa shape index (κ2) is 10.1. The van der Waals surface area contributed by atoms with Gasteiger partial charge in [0, 0.05) is 6.54 Å². The molecule has 2 N–H and O–H groups in total. The van der Waals surface area contributed by atoms with E-state index in [0.29, 0.717) is 12.1 Å². The summed E-state index contributed by atoms with van der Waals surface area (Å²) in [6, 6.07) is 17.8. The zero-order valence-electron chi connectivity index (χ0n) is 14.4. The number of hydrogen-bond donors (Lipinski definition) is 2. The Balaban J connectivity index is 1.97. The van der Waals surface area contributed by atoms with Gasteiger partial charge in [0.25, 0.3) is 0 Å². The molecule has 0 aromatic heterocycles. The third kappa shape index (κ3) is 6.30. The predicted molar refractivity (Wildman–Crippen MR) is 96.9 cm³/mol. The second-order valence-electron chi connectivity index (χ2n) is 5.69. The summed E-state index contributed by atoms with van der Waals surface area (Å²) in [6.07, 6.45) is 1.26. The molecule has 0 heterocycles. The maximum atomic E-state index is 12.4. The van der Waals surface area contributed by atoms with Crippen LogP contribution in [0.3, 0.4) is 0 Å². The van der Waals surface area contributed by atoms with Crippen molar-refractivity contribution in [3.63, 3.8) is 0 Å². The van der Waals surface area contributed by atoms with E-state index >= 15 is 0 Å². The maximum Gasteiger partial charge on any atom is 0.408 e. The lowest BCUT2D eigenvalue weighted by Crippen LogP contribution is -2.40. The topological polar surface area (TPSA) is 67.4 Å². The van der Waals surface area contributed by atoms with Gasteiger partial charge in [-0.25, -0.2) is 4.79 Å². The van der Waals surface area contributed by atoms with Gasteiger partial charge in [0.15, 0.2) is 0 Å². The van der Waals surface area contributed by atoms with Gasteiger partial charge in [0.1, 0.15) is 12.6 Å². The molecule has 0 fully saturated rings. The Morgan fingerprint density at radius 1 is 1.00 bits per heavy atom. The Morgan fingerprint density at radius 2 is 1.64 bits per heavy atom. The summed E-state index contributed by atoms with van der Waals surface area (Å²) in [7, 11) is 0. The molecule has 0 aliphatic heterocycles. The highest BCUT2D eigenvalue weighted by atomic mass is 16.5. The Bertz CT molecular complexity index is 659. The Hall–Kier alpha value is -2.82. The summed E-state index contributed by atoms with van der Waals surface area (Å²) >= 11 is 0. The van der Waals surface area contributed by atoms with Crippen LogP contribution >= 0.6 is 0 Å². The molecular weight excluding hydrogens is 316 g/mol. The molecule has 1 atom stereocenters. The first-order chi connectivity index (χ1) is 12.2. The van der Waals surface area contributed by atoms with Gasteiger partial charge < -0.3 is 15.4 Å². The summed E-state index contributed by atoms with van der Waals surface area (Å²) in [5.41, 5.74) is 1.61. The van der Waals surface area contributed by atoms with E-state index in [1.54, 1.807) is 0 Å². The number of hydrogen-bond acceptors (Lipinski definition) is 3. The minimum Gasteiger partial charge on any atom is -0.445 e. The first-order valence-electron chi connectivity index (χ1n) is 8.50. The first-order valence-corrected chi connectivity index (χ1v) is 8.50. The van der Waals surface area contributed by atoms with Crippen molar-refractivity contribution >= 4 is 12.0 Å². The molecule has 0 radical (unpaired) electrons. The molecule has 5 heteroatoms. The number of amides is 2. The molecule has 2 aromatic rings. The van der Waals surface area contributed by atoms with E-state index in [1.165, 1.54) is 0 Å². The fourth-order valence-electron chi connectivity index (χ4n) is 2.32. The molecule has 2 amide bonds. The second-order valence-corrected chi connectivity index (χ2v) is 5.69. The van der Waals surface area contributed by atoms with E-state index in [4.69, 9.17) is 4.74 Å². The molecule has 0 spiro atoms. The molecule has 2 aromatic carbocycles. The summed E-state index contributed by atoms with van der Waals surface area (Å²) in [4.78, 5) is 24.6. The molecule has 5 nitrogen and oxygen atoms in total. The third-order valence-corrected chi connectivity index (χ3v) is 3.70. The maximum absolute atomic E-state index is 12.4. The minimum absolute atomic E-state index is 0.158. The highest BCUT2D eigenvalue weighted by Gasteiger charge is 2.22. The highest BCUT2D eigenvalue weighted by Crippen LogP contribution is 2.13. The quantitative estimate of drug-likeness (QED) is 0.722. The molecule has 0 aliphatic rings. The lowest BCUT2D eigenvalue weighted by molar-refractivity contribution is -0.123. The fourth-order valence-corrected chi connectivity index (χ4v) is 2.32. The van der Waals surface area contributed by atoms with Crippen molar-refractivity contribution in [1.29, 1.82) is 0 Å². The smallest absolute Gasteiger partial charge is 0.408 e. The number of nitrogens with one attached hydrogen (secondary N) is 2. The average molecular weight is 340 g/mol. The zero-order chi connectivity index (χ0) is 17.9. The third-order valence-electron chi connectivity index (χ3n) is 3.70. The number of carbonyl (C=O) groups excluding carboxylic acids is 2. The van der Waals surface area contributed by atoms with Crippen LogP contribution in [-0.4, -0.2) is 18.5 Å². The molecule has 0 saturated heterocycles. The molecule has 0 saturated carbocycles. The van der Waals surface area contributed by atoms with Crippen LogP contribution in [0.15, 0.2) is 60.7 Å². The van der Waals surface area contributed by atoms with Crippen molar-refractivity contribution in [2.45, 2.75) is 32.4 Å². The fraction of sp³-hybridized carbons (Fsp3) is 0.300. The van der Waals surface area contributed by atoms with Crippen molar-refractivity contribution in [1.82, 2.24) is 10.6 Å². The van der Waals surface area contributed by atoms with Crippen LogP contribution < -0.4 is 10.6 Å². The monoisotopic (exact) mass is 340 g/mol. The van der Waals surface area contributed by atoms with E-state index in [2.05, 4.69) is 17.6 Å². The van der Waals surface area contributed by atoms with Gasteiger partial charge in [-0.05, 0) is 17.5 Å². The van der Waals surface area contributed by atoms with Gasteiger partial charge in [0.2, 0.25) is 5.91 Å². The SMILES string of the molecule is CCCCNC(=O)[C@@H](NC(=O)OCc1ccccc1)c1ccccc1. The van der Waals surface area contributed by atoms with E-state index < -0.39 is 12.1 Å². The number of rotatable bonds is 8. The standard InChI is InChI=1S/C20H24N2O3/c1-2-3-14-21-19(23)18(17-12-8-5-9-13-17)22-20(24)25-15-16-10-6-4-7-11-16/h4-13,18H,2-3,14-15H2,1H3,(H,21,23)(H,22,24)/t18-/m0/s1. The van der Waals surface area contributed by atoms with Crippen molar-refractivity contribution in [3.8, 4) is 0 Å². The normalized spacial score (nSPS) is 11.4. The number of unbranched alkanes of at least 4 members (excludes halogenated alkanes) is 1. The highest BCUT2D eigenvalue weighted by molar-refractivity contribution is 5.86. The number of ether oxygens (including phenoxy) is 1. The Kier molecular flexibility index (Phi) is 7.50. The molecule has 2 rings (SSSR count). The molecule has 25 heavy (non-hydrogen) atoms. The largest absolute Gasteiger partial charge is 0.445 e. The summed E-state index contributed by atoms with van der Waals surface area (Å²) in [6.45, 7) is 2.80. The van der Waals surface area contributed by atoms with Gasteiger partial charge in [-0.1, -0.05) is 74.0 Å². The van der Waals surface area contributed by atoms with Gasteiger partial charge in [0.05, 0.1) is 0 Å². The van der Waals surface area contributed by atoms with Crippen LogP contribution in [0, 0.1) is 0 Å². The first kappa shape index (κ1) is 18.5. The van der Waals surface area contributed by atoms with Crippen LogP contribution in [0.1, 0.15) is 36.9 Å². The summed E-state index contributed by atoms with van der Waals surface area (Å²) in [5.74, 6) is -0.240. The molecule has 0 bridgehead atoms. The number of benzene rings is 2. The van der Waals surface area contributed by atoms with E-state index in [0.717, 1.165) is 18.4 Å². The van der Waals surface area contributed by atoms with Gasteiger partial charge >= 0.3 is 6.09 Å². The van der Waals surface area contributed by atoms with Gasteiger partial charge in [-0.2, -0.15) is 0 Å². The molecule has 132 valence electrons. The van der Waals surface area contributed by atoms with Crippen molar-refractivity contribution in [2.24, 2.45) is 0 Å². The molecular formula is C20H24N2O3. The number of carbonyl (C=O) groups is 2. The predicted octanol–water partition coefficient (Wildman–Crippen LogP) is 3.57. The van der Waals surface area contributed by atoms with E-state index in [9.17, 15) is 9.59 Å². The summed E-state index contributed by atoms with van der Waals surface area (Å²) < 4.78 is 5.23. The number of alkyl carbamates (subject to hydrolysis) is 1. The van der Waals surface area contributed by atoms with E-state index in [1.807, 2.05) is 60.7 Å². The minimum atomic E-state index is -0.777. The lowest BCUT2D eigenvalue weighted by Gasteiger charge is -2.18. The van der Waals surface area contributed by atoms with Crippen LogP contribution in [0.4, 0.5) is 4.79 Å². The van der Waals surface area contributed by atoms with Crippen molar-refractivity contribution in [3.05, 3.63) is 71.8 Å². The van der Waals surface area contributed by atoms with Crippen LogP contribution in [-0.2, 0) is 16.1 Å². The van der Waals surface area contributed by atoms with Crippen molar-refractivity contribution in [2.75, 3.05) is 6.54 Å². The average Bonchev–Trinajstić information content (AvgIpc) is 2.66. The summed E-state index contributed by atoms with van der Waals surface area (Å²) in [5, 5.41) is 5.51. The molecule has 0 unspecified atom stereocenters. The van der Waals surface area contributed by atoms with Crippen LogP contribution in [0.25, 0.3) is 0 Å². The van der Waals surface area contributed by atoms with Gasteiger partial charge in [-0.15, -0.1) is 0 Å². The Morgan fingerprint density at radius 3 is 2.28 bits per heavy atom.